The van der Waals surface area contributed by atoms with Crippen LogP contribution in [0, 0.1) is 0 Å². The highest BCUT2D eigenvalue weighted by Gasteiger charge is 2.33. The fourth-order valence-electron chi connectivity index (χ4n) is 0.860. The van der Waals surface area contributed by atoms with Crippen LogP contribution in [-0.4, -0.2) is 37.5 Å². The summed E-state index contributed by atoms with van der Waals surface area (Å²) < 4.78 is 11.0. The van der Waals surface area contributed by atoms with E-state index >= 15 is 0 Å². The number of ether oxygens (including phenoxy) is 2. The summed E-state index contributed by atoms with van der Waals surface area (Å²) in [5, 5.41) is 0. The third kappa shape index (κ3) is 6.10. The van der Waals surface area contributed by atoms with Gasteiger partial charge in [-0.05, 0) is 34.1 Å². The van der Waals surface area contributed by atoms with Gasteiger partial charge in [-0.2, -0.15) is 0 Å². The third-order valence-corrected chi connectivity index (χ3v) is 2.71. The van der Waals surface area contributed by atoms with Crippen LogP contribution in [-0.2, 0) is 9.47 Å². The zero-order valence-electron chi connectivity index (χ0n) is 10.5. The second-order valence-corrected chi connectivity index (χ2v) is 4.84. The Bertz CT molecular complexity index is 164. The molecule has 0 aliphatic rings. The summed E-state index contributed by atoms with van der Waals surface area (Å²) in [6, 6.07) is 0. The summed E-state index contributed by atoms with van der Waals surface area (Å²) in [6.45, 7) is 10.5. The highest BCUT2D eigenvalue weighted by molar-refractivity contribution is 4.91. The van der Waals surface area contributed by atoms with Gasteiger partial charge in [0.25, 0.3) is 0 Å². The van der Waals surface area contributed by atoms with E-state index in [1.54, 1.807) is 0 Å². The van der Waals surface area contributed by atoms with Crippen LogP contribution in [0.15, 0.2) is 0 Å². The molecule has 0 rings (SSSR count). The second kappa shape index (κ2) is 6.43. The topological polar surface area (TPSA) is 70.5 Å². The van der Waals surface area contributed by atoms with Gasteiger partial charge in [0.2, 0.25) is 0 Å². The molecular weight excluding hydrogens is 192 g/mol. The highest BCUT2D eigenvalue weighted by Crippen LogP contribution is 2.22. The van der Waals surface area contributed by atoms with Gasteiger partial charge in [0.15, 0.2) is 0 Å². The quantitative estimate of drug-likeness (QED) is 0.593. The van der Waals surface area contributed by atoms with Crippen LogP contribution < -0.4 is 11.5 Å². The first kappa shape index (κ1) is 14.8. The molecule has 0 aliphatic heterocycles. The normalized spacial score (nSPS) is 13.2. The summed E-state index contributed by atoms with van der Waals surface area (Å²) in [6.07, 6.45) is 0.875. The molecule has 15 heavy (non-hydrogen) atoms. The number of rotatable bonds is 8. The Labute approximate surface area is 93.3 Å². The number of hydrogen-bond donors (Lipinski definition) is 2. The van der Waals surface area contributed by atoms with Crippen LogP contribution in [0.4, 0.5) is 0 Å². The molecule has 0 atom stereocenters. The van der Waals surface area contributed by atoms with E-state index in [2.05, 4.69) is 0 Å². The first-order valence-corrected chi connectivity index (χ1v) is 5.52. The van der Waals surface area contributed by atoms with E-state index in [0.717, 1.165) is 6.42 Å². The van der Waals surface area contributed by atoms with E-state index in [4.69, 9.17) is 20.9 Å². The van der Waals surface area contributed by atoms with Crippen LogP contribution >= 0.6 is 0 Å². The van der Waals surface area contributed by atoms with Gasteiger partial charge in [-0.15, -0.1) is 0 Å². The predicted molar refractivity (Wildman–Crippen MR) is 62.8 cm³/mol. The Balaban J connectivity index is 3.58. The Morgan fingerprint density at radius 2 is 1.60 bits per heavy atom. The summed E-state index contributed by atoms with van der Waals surface area (Å²) in [5.41, 5.74) is 10.6. The van der Waals surface area contributed by atoms with Crippen LogP contribution in [0.25, 0.3) is 0 Å². The molecule has 0 aromatic rings. The van der Waals surface area contributed by atoms with Gasteiger partial charge in [-0.25, -0.2) is 0 Å². The fraction of sp³-hybridized carbons (Fsp3) is 1.00. The van der Waals surface area contributed by atoms with Gasteiger partial charge >= 0.3 is 0 Å². The van der Waals surface area contributed by atoms with E-state index in [1.807, 2.05) is 27.7 Å². The maximum Gasteiger partial charge on any atom is 0.0799 e. The van der Waals surface area contributed by atoms with Crippen molar-refractivity contribution in [1.29, 1.82) is 0 Å². The van der Waals surface area contributed by atoms with Crippen LogP contribution in [0.3, 0.4) is 0 Å². The average Bonchev–Trinajstić information content (AvgIpc) is 2.09. The fourth-order valence-corrected chi connectivity index (χ4v) is 0.860. The van der Waals surface area contributed by atoms with Crippen LogP contribution in [0.2, 0.25) is 0 Å². The molecule has 92 valence electrons. The van der Waals surface area contributed by atoms with Crippen LogP contribution in [0.1, 0.15) is 34.1 Å². The minimum atomic E-state index is -0.342. The molecule has 0 bridgehead atoms. The largest absolute Gasteiger partial charge is 0.380 e. The standard InChI is InChI=1S/C11H26N2O2/c1-10(2,13)11(3,4)15-8-5-7-14-9-6-12/h5-9,12-13H2,1-4H3. The van der Waals surface area contributed by atoms with Crippen molar-refractivity contribution in [2.24, 2.45) is 11.5 Å². The third-order valence-electron chi connectivity index (χ3n) is 2.71. The monoisotopic (exact) mass is 218 g/mol. The van der Waals surface area contributed by atoms with Crippen LogP contribution in [0.5, 0.6) is 0 Å². The summed E-state index contributed by atoms with van der Waals surface area (Å²) >= 11 is 0. The Morgan fingerprint density at radius 3 is 2.07 bits per heavy atom. The van der Waals surface area contributed by atoms with Crippen molar-refractivity contribution in [3.8, 4) is 0 Å². The first-order chi connectivity index (χ1) is 6.81. The van der Waals surface area contributed by atoms with Gasteiger partial charge in [-0.3, -0.25) is 0 Å². The van der Waals surface area contributed by atoms with Crippen molar-refractivity contribution >= 4 is 0 Å². The molecule has 0 saturated carbocycles. The smallest absolute Gasteiger partial charge is 0.0799 e. The van der Waals surface area contributed by atoms with Crippen molar-refractivity contribution < 1.29 is 9.47 Å². The molecule has 0 radical (unpaired) electrons. The Hall–Kier alpha value is -0.160. The van der Waals surface area contributed by atoms with Crippen molar-refractivity contribution in [2.75, 3.05) is 26.4 Å². The molecule has 4 nitrogen and oxygen atoms in total. The lowest BCUT2D eigenvalue weighted by Gasteiger charge is -2.38. The van der Waals surface area contributed by atoms with E-state index in [1.165, 1.54) is 0 Å². The minimum Gasteiger partial charge on any atom is -0.380 e. The molecule has 0 aromatic carbocycles. The van der Waals surface area contributed by atoms with E-state index < -0.39 is 0 Å². The van der Waals surface area contributed by atoms with Crippen molar-refractivity contribution in [1.82, 2.24) is 0 Å². The van der Waals surface area contributed by atoms with E-state index in [0.29, 0.717) is 26.4 Å². The molecule has 0 saturated heterocycles. The second-order valence-electron chi connectivity index (χ2n) is 4.84. The molecule has 0 spiro atoms. The summed E-state index contributed by atoms with van der Waals surface area (Å²) in [4.78, 5) is 0. The molecule has 0 heterocycles. The Kier molecular flexibility index (Phi) is 6.36. The zero-order chi connectivity index (χ0) is 11.9. The van der Waals surface area contributed by atoms with E-state index in [9.17, 15) is 0 Å². The van der Waals surface area contributed by atoms with Crippen molar-refractivity contribution in [3.05, 3.63) is 0 Å². The summed E-state index contributed by atoms with van der Waals surface area (Å²) in [7, 11) is 0. The first-order valence-electron chi connectivity index (χ1n) is 5.52. The van der Waals surface area contributed by atoms with E-state index in [-0.39, 0.29) is 11.1 Å². The lowest BCUT2D eigenvalue weighted by Crippen LogP contribution is -2.54. The van der Waals surface area contributed by atoms with Gasteiger partial charge in [0.1, 0.15) is 0 Å². The van der Waals surface area contributed by atoms with Gasteiger partial charge in [-0.1, -0.05) is 0 Å². The molecule has 4 N–H and O–H groups in total. The Morgan fingerprint density at radius 1 is 1.00 bits per heavy atom. The molecule has 0 amide bonds. The van der Waals surface area contributed by atoms with Crippen molar-refractivity contribution in [3.63, 3.8) is 0 Å². The highest BCUT2D eigenvalue weighted by atomic mass is 16.5. The molecule has 0 unspecified atom stereocenters. The maximum absolute atomic E-state index is 6.00. The zero-order valence-corrected chi connectivity index (χ0v) is 10.5. The molecule has 0 fully saturated rings. The summed E-state index contributed by atoms with van der Waals surface area (Å²) in [5.74, 6) is 0. The maximum atomic E-state index is 6.00. The SMILES string of the molecule is CC(C)(N)C(C)(C)OCCCOCCN. The van der Waals surface area contributed by atoms with Crippen molar-refractivity contribution in [2.45, 2.75) is 45.3 Å². The van der Waals surface area contributed by atoms with Gasteiger partial charge < -0.3 is 20.9 Å². The van der Waals surface area contributed by atoms with Gasteiger partial charge in [0.05, 0.1) is 12.2 Å². The predicted octanol–water partition coefficient (Wildman–Crippen LogP) is 0.884. The lowest BCUT2D eigenvalue weighted by molar-refractivity contribution is -0.0674. The molecule has 0 aromatic heterocycles. The molecule has 0 aliphatic carbocycles. The molecule has 4 heteroatoms. The molecular formula is C11H26N2O2. The number of hydrogen-bond acceptors (Lipinski definition) is 4. The lowest BCUT2D eigenvalue weighted by atomic mass is 9.87. The van der Waals surface area contributed by atoms with Gasteiger partial charge in [0, 0.05) is 25.3 Å². The minimum absolute atomic E-state index is 0.319. The average molecular weight is 218 g/mol. The number of nitrogens with two attached hydrogens (primary N) is 2.